The van der Waals surface area contributed by atoms with Gasteiger partial charge in [0.2, 0.25) is 0 Å². The van der Waals surface area contributed by atoms with Crippen molar-refractivity contribution in [3.8, 4) is 0 Å². The Bertz CT molecular complexity index is 442. The fraction of sp³-hybridized carbons (Fsp3) is 0.267. The van der Waals surface area contributed by atoms with Gasteiger partial charge in [0.05, 0.1) is 19.2 Å². The molecule has 1 atom stereocenters. The van der Waals surface area contributed by atoms with Crippen molar-refractivity contribution >= 4 is 5.97 Å². The molecule has 2 rings (SSSR count). The van der Waals surface area contributed by atoms with E-state index in [1.807, 2.05) is 0 Å². The molecule has 4 nitrogen and oxygen atoms in total. The highest BCUT2D eigenvalue weighted by atomic mass is 16.4. The number of benzene rings is 1. The lowest BCUT2D eigenvalue weighted by molar-refractivity contribution is -0.827. The van der Waals surface area contributed by atoms with Crippen LogP contribution >= 0.6 is 0 Å². The summed E-state index contributed by atoms with van der Waals surface area (Å²) in [6.07, 6.45) is 4.35. The number of quaternary nitrogens is 1. The Labute approximate surface area is 114 Å². The molecule has 0 bridgehead atoms. The number of carbonyl (C=O) groups excluding carboxylic acids is 1. The van der Waals surface area contributed by atoms with Gasteiger partial charge in [-0.25, -0.2) is 0 Å². The van der Waals surface area contributed by atoms with Gasteiger partial charge in [0.15, 0.2) is 6.67 Å². The summed E-state index contributed by atoms with van der Waals surface area (Å²) in [5, 5.41) is 9.49. The Kier molecular flexibility index (Phi) is 5.82. The average molecular weight is 260 g/mol. The van der Waals surface area contributed by atoms with Gasteiger partial charge in [-0.05, 0) is 18.1 Å². The van der Waals surface area contributed by atoms with Crippen LogP contribution in [-0.4, -0.2) is 24.6 Å². The molecule has 0 fully saturated rings. The highest BCUT2D eigenvalue weighted by Crippen LogP contribution is 2.04. The number of carboxylic acid groups (broad SMARTS) is 1. The van der Waals surface area contributed by atoms with E-state index in [1.165, 1.54) is 17.4 Å². The topological polar surface area (TPSA) is 47.8 Å². The third-order valence-electron chi connectivity index (χ3n) is 2.60. The van der Waals surface area contributed by atoms with E-state index < -0.39 is 5.97 Å². The van der Waals surface area contributed by atoms with Crippen LogP contribution in [0.15, 0.2) is 54.9 Å². The number of carboxylic acids is 1. The Morgan fingerprint density at radius 3 is 2.42 bits per heavy atom. The number of nitrogens with zero attached hydrogens (tertiary/aromatic N) is 1. The second-order valence-electron chi connectivity index (χ2n) is 4.62. The van der Waals surface area contributed by atoms with Crippen molar-refractivity contribution < 1.29 is 14.8 Å². The summed E-state index contributed by atoms with van der Waals surface area (Å²) in [6.45, 7) is 6.58. The maximum absolute atomic E-state index is 9.49. The van der Waals surface area contributed by atoms with E-state index >= 15 is 0 Å². The molecule has 0 aliphatic carbocycles. The average Bonchev–Trinajstić information content (AvgIpc) is 2.76. The van der Waals surface area contributed by atoms with Crippen molar-refractivity contribution in [3.05, 3.63) is 60.4 Å². The fourth-order valence-corrected chi connectivity index (χ4v) is 1.58. The zero-order chi connectivity index (χ0) is 14.3. The van der Waals surface area contributed by atoms with Crippen LogP contribution < -0.4 is 10.0 Å². The van der Waals surface area contributed by atoms with E-state index in [2.05, 4.69) is 61.3 Å². The summed E-state index contributed by atoms with van der Waals surface area (Å²) in [4.78, 5) is 13.3. The molecule has 1 aliphatic rings. The molecule has 1 unspecified atom stereocenters. The molecule has 1 aliphatic heterocycles. The van der Waals surface area contributed by atoms with Crippen LogP contribution in [-0.2, 0) is 11.3 Å². The highest BCUT2D eigenvalue weighted by molar-refractivity contribution is 5.82. The lowest BCUT2D eigenvalue weighted by atomic mass is 10.2. The first-order valence-corrected chi connectivity index (χ1v) is 6.14. The van der Waals surface area contributed by atoms with Gasteiger partial charge in [0.1, 0.15) is 6.20 Å². The summed E-state index contributed by atoms with van der Waals surface area (Å²) in [5.74, 6) is -1.19. The monoisotopic (exact) mass is 260 g/mol. The van der Waals surface area contributed by atoms with E-state index in [-0.39, 0.29) is 5.57 Å². The lowest BCUT2D eigenvalue weighted by Gasteiger charge is -2.14. The summed E-state index contributed by atoms with van der Waals surface area (Å²) in [7, 11) is 2.17. The van der Waals surface area contributed by atoms with Crippen LogP contribution in [0.1, 0.15) is 12.5 Å². The molecule has 1 aromatic rings. The second kappa shape index (κ2) is 7.38. The summed E-state index contributed by atoms with van der Waals surface area (Å²) in [5.41, 5.74) is 1.44. The molecule has 1 aromatic carbocycles. The molecule has 0 radical (unpaired) electrons. The molecule has 0 spiro atoms. The van der Waals surface area contributed by atoms with Gasteiger partial charge in [-0.15, -0.1) is 0 Å². The Balaban J connectivity index is 0.000000258. The predicted octanol–water partition coefficient (Wildman–Crippen LogP) is -0.242. The van der Waals surface area contributed by atoms with Crippen molar-refractivity contribution in [3.63, 3.8) is 0 Å². The van der Waals surface area contributed by atoms with Crippen LogP contribution in [0.25, 0.3) is 0 Å². The maximum atomic E-state index is 9.49. The predicted molar refractivity (Wildman–Crippen MR) is 72.7 cm³/mol. The molecular formula is C15H20N2O2. The summed E-state index contributed by atoms with van der Waals surface area (Å²) in [6, 6.07) is 10.6. The first-order chi connectivity index (χ1) is 8.99. The molecule has 4 heteroatoms. The van der Waals surface area contributed by atoms with E-state index in [9.17, 15) is 9.90 Å². The van der Waals surface area contributed by atoms with Gasteiger partial charge in [0.25, 0.3) is 0 Å². The molecule has 19 heavy (non-hydrogen) atoms. The minimum Gasteiger partial charge on any atom is -0.545 e. The van der Waals surface area contributed by atoms with E-state index in [0.717, 1.165) is 13.2 Å². The van der Waals surface area contributed by atoms with Crippen LogP contribution in [0.4, 0.5) is 0 Å². The number of hydrogen-bond acceptors (Lipinski definition) is 3. The SMILES string of the molecule is C=C(C)C(=O)[O-].C[NH+]1C=CN(Cc2ccccc2)C1. The molecular weight excluding hydrogens is 240 g/mol. The number of aliphatic carboxylic acids is 1. The fourth-order valence-electron chi connectivity index (χ4n) is 1.58. The summed E-state index contributed by atoms with van der Waals surface area (Å²) < 4.78 is 0. The third-order valence-corrected chi connectivity index (χ3v) is 2.60. The Morgan fingerprint density at radius 1 is 1.42 bits per heavy atom. The van der Waals surface area contributed by atoms with E-state index in [0.29, 0.717) is 0 Å². The van der Waals surface area contributed by atoms with Gasteiger partial charge in [-0.1, -0.05) is 36.9 Å². The number of carbonyl (C=O) groups is 1. The largest absolute Gasteiger partial charge is 0.545 e. The van der Waals surface area contributed by atoms with Crippen LogP contribution in [0.2, 0.25) is 0 Å². The van der Waals surface area contributed by atoms with Crippen LogP contribution in [0.5, 0.6) is 0 Å². The maximum Gasteiger partial charge on any atom is 0.157 e. The first kappa shape index (κ1) is 15.0. The van der Waals surface area contributed by atoms with Crippen molar-refractivity contribution in [2.45, 2.75) is 13.5 Å². The zero-order valence-corrected chi connectivity index (χ0v) is 11.4. The van der Waals surface area contributed by atoms with Gasteiger partial charge < -0.3 is 14.8 Å². The quantitative estimate of drug-likeness (QED) is 0.763. The zero-order valence-electron chi connectivity index (χ0n) is 11.4. The minimum absolute atomic E-state index is 0.0648. The van der Waals surface area contributed by atoms with Gasteiger partial charge in [-0.2, -0.15) is 0 Å². The smallest absolute Gasteiger partial charge is 0.157 e. The second-order valence-corrected chi connectivity index (χ2v) is 4.62. The van der Waals surface area contributed by atoms with Gasteiger partial charge in [-0.3, -0.25) is 4.90 Å². The van der Waals surface area contributed by atoms with Crippen molar-refractivity contribution in [2.75, 3.05) is 13.7 Å². The number of hydrogen-bond donors (Lipinski definition) is 1. The Morgan fingerprint density at radius 2 is 2.00 bits per heavy atom. The number of nitrogens with one attached hydrogen (secondary N) is 1. The normalized spacial score (nSPS) is 16.7. The lowest BCUT2D eigenvalue weighted by Crippen LogP contribution is -3.03. The van der Waals surface area contributed by atoms with Crippen LogP contribution in [0.3, 0.4) is 0 Å². The number of rotatable bonds is 3. The van der Waals surface area contributed by atoms with Gasteiger partial charge >= 0.3 is 0 Å². The molecule has 1 heterocycles. The minimum atomic E-state index is -1.19. The van der Waals surface area contributed by atoms with Crippen molar-refractivity contribution in [2.24, 2.45) is 0 Å². The van der Waals surface area contributed by atoms with Crippen molar-refractivity contribution in [1.29, 1.82) is 0 Å². The van der Waals surface area contributed by atoms with E-state index in [4.69, 9.17) is 0 Å². The van der Waals surface area contributed by atoms with Crippen LogP contribution in [0, 0.1) is 0 Å². The first-order valence-electron chi connectivity index (χ1n) is 6.14. The third kappa shape index (κ3) is 5.88. The summed E-state index contributed by atoms with van der Waals surface area (Å²) >= 11 is 0. The molecule has 0 amide bonds. The Hall–Kier alpha value is -2.07. The standard InChI is InChI=1S/C11H14N2.C4H6O2/c1-12-7-8-13(10-12)9-11-5-3-2-4-6-11;1-3(2)4(5)6/h2-8H,9-10H2,1H3;1H2,2H3,(H,5,6). The molecule has 0 aromatic heterocycles. The molecule has 0 saturated heterocycles. The highest BCUT2D eigenvalue weighted by Gasteiger charge is 2.11. The van der Waals surface area contributed by atoms with Gasteiger partial charge in [0, 0.05) is 6.54 Å². The molecule has 0 saturated carbocycles. The molecule has 1 N–H and O–H groups in total. The van der Waals surface area contributed by atoms with E-state index in [1.54, 1.807) is 0 Å². The van der Waals surface area contributed by atoms with Crippen molar-refractivity contribution in [1.82, 2.24) is 4.90 Å². The molecule has 102 valence electrons.